The fourth-order valence-electron chi connectivity index (χ4n) is 1.86. The third-order valence-corrected chi connectivity index (χ3v) is 2.86. The molecule has 0 saturated carbocycles. The van der Waals surface area contributed by atoms with E-state index in [1.807, 2.05) is 6.92 Å². The van der Waals surface area contributed by atoms with E-state index < -0.39 is 6.04 Å². The van der Waals surface area contributed by atoms with Crippen molar-refractivity contribution in [3.05, 3.63) is 0 Å². The van der Waals surface area contributed by atoms with E-state index in [9.17, 15) is 9.59 Å². The molecule has 0 aromatic carbocycles. The summed E-state index contributed by atoms with van der Waals surface area (Å²) in [4.78, 5) is 25.3. The lowest BCUT2D eigenvalue weighted by Gasteiger charge is -2.37. The number of piperazine rings is 1. The van der Waals surface area contributed by atoms with Gasteiger partial charge in [-0.3, -0.25) is 9.59 Å². The topological polar surface area (TPSA) is 58.6 Å². The molecular formula is C11H20N2O3. The van der Waals surface area contributed by atoms with E-state index in [0.717, 1.165) is 6.42 Å². The van der Waals surface area contributed by atoms with E-state index >= 15 is 0 Å². The average molecular weight is 228 g/mol. The highest BCUT2D eigenvalue weighted by Crippen LogP contribution is 2.12. The average Bonchev–Trinajstić information content (AvgIpc) is 2.26. The molecule has 5 nitrogen and oxygen atoms in total. The van der Waals surface area contributed by atoms with Crippen LogP contribution in [0.1, 0.15) is 26.7 Å². The Morgan fingerprint density at radius 1 is 1.44 bits per heavy atom. The molecule has 16 heavy (non-hydrogen) atoms. The van der Waals surface area contributed by atoms with Crippen LogP contribution in [0, 0.1) is 0 Å². The van der Waals surface area contributed by atoms with Crippen LogP contribution in [0.4, 0.5) is 0 Å². The van der Waals surface area contributed by atoms with Crippen LogP contribution in [0.5, 0.6) is 0 Å². The Hall–Kier alpha value is -1.10. The number of nitrogens with zero attached hydrogens (tertiary/aromatic N) is 1. The molecule has 0 aromatic rings. The molecule has 5 heteroatoms. The highest BCUT2D eigenvalue weighted by atomic mass is 16.5. The first-order valence-electron chi connectivity index (χ1n) is 5.71. The maximum atomic E-state index is 12.0. The van der Waals surface area contributed by atoms with Gasteiger partial charge in [-0.25, -0.2) is 0 Å². The summed E-state index contributed by atoms with van der Waals surface area (Å²) >= 11 is 0. The number of hydrogen-bond acceptors (Lipinski definition) is 3. The molecule has 2 amide bonds. The van der Waals surface area contributed by atoms with Gasteiger partial charge in [-0.05, 0) is 13.3 Å². The van der Waals surface area contributed by atoms with Crippen LogP contribution in [0.2, 0.25) is 0 Å². The van der Waals surface area contributed by atoms with Crippen molar-refractivity contribution in [3.8, 4) is 0 Å². The van der Waals surface area contributed by atoms with Crippen LogP contribution < -0.4 is 5.32 Å². The number of amides is 2. The van der Waals surface area contributed by atoms with Crippen molar-refractivity contribution in [1.29, 1.82) is 0 Å². The third-order valence-electron chi connectivity index (χ3n) is 2.86. The predicted octanol–water partition coefficient (Wildman–Crippen LogP) is 0.148. The monoisotopic (exact) mass is 228 g/mol. The van der Waals surface area contributed by atoms with Crippen molar-refractivity contribution in [2.75, 3.05) is 20.3 Å². The molecule has 1 N–H and O–H groups in total. The molecule has 92 valence electrons. The number of hydrogen-bond donors (Lipinski definition) is 1. The molecule has 1 aliphatic rings. The summed E-state index contributed by atoms with van der Waals surface area (Å²) in [6, 6.07) is -0.749. The van der Waals surface area contributed by atoms with Gasteiger partial charge < -0.3 is 15.0 Å². The van der Waals surface area contributed by atoms with Crippen LogP contribution in [-0.2, 0) is 14.3 Å². The summed E-state index contributed by atoms with van der Waals surface area (Å²) in [6.07, 6.45) is 1.57. The Labute approximate surface area is 96.1 Å². The third kappa shape index (κ3) is 2.72. The second-order valence-electron chi connectivity index (χ2n) is 4.05. The molecule has 1 rings (SSSR count). The molecule has 1 aliphatic heterocycles. The summed E-state index contributed by atoms with van der Waals surface area (Å²) < 4.78 is 4.95. The lowest BCUT2D eigenvalue weighted by molar-refractivity contribution is -0.149. The molecule has 0 spiro atoms. The molecule has 1 heterocycles. The van der Waals surface area contributed by atoms with Gasteiger partial charge in [0.25, 0.3) is 0 Å². The largest absolute Gasteiger partial charge is 0.383 e. The van der Waals surface area contributed by atoms with Crippen molar-refractivity contribution in [3.63, 3.8) is 0 Å². The van der Waals surface area contributed by atoms with E-state index in [1.54, 1.807) is 18.9 Å². The quantitative estimate of drug-likeness (QED) is 0.728. The number of rotatable bonds is 5. The fraction of sp³-hybridized carbons (Fsp3) is 0.818. The SMILES string of the molecule is CCCC1NC(=O)C(C)N(CCOC)C1=O. The van der Waals surface area contributed by atoms with Crippen LogP contribution in [0.15, 0.2) is 0 Å². The molecule has 2 atom stereocenters. The van der Waals surface area contributed by atoms with Gasteiger partial charge in [0.1, 0.15) is 12.1 Å². The van der Waals surface area contributed by atoms with E-state index in [0.29, 0.717) is 19.6 Å². The molecule has 0 bridgehead atoms. The first kappa shape index (κ1) is 13.0. The number of ether oxygens (including phenoxy) is 1. The Bertz CT molecular complexity index is 268. The summed E-state index contributed by atoms with van der Waals surface area (Å²) in [5.74, 6) is -0.0693. The molecule has 0 radical (unpaired) electrons. The van der Waals surface area contributed by atoms with E-state index in [4.69, 9.17) is 4.74 Å². The van der Waals surface area contributed by atoms with Crippen molar-refractivity contribution >= 4 is 11.8 Å². The Balaban J connectivity index is 2.69. The van der Waals surface area contributed by atoms with Gasteiger partial charge in [0.15, 0.2) is 0 Å². The molecule has 0 aliphatic carbocycles. The standard InChI is InChI=1S/C11H20N2O3/c1-4-5-9-11(15)13(6-7-16-3)8(2)10(14)12-9/h8-9H,4-7H2,1-3H3,(H,12,14). The minimum atomic E-state index is -0.393. The van der Waals surface area contributed by atoms with Crippen molar-refractivity contribution in [2.24, 2.45) is 0 Å². The lowest BCUT2D eigenvalue weighted by Crippen LogP contribution is -2.62. The van der Waals surface area contributed by atoms with Gasteiger partial charge >= 0.3 is 0 Å². The molecular weight excluding hydrogens is 208 g/mol. The normalized spacial score (nSPS) is 25.8. The molecule has 1 saturated heterocycles. The zero-order valence-corrected chi connectivity index (χ0v) is 10.2. The number of carbonyl (C=O) groups excluding carboxylic acids is 2. The second kappa shape index (κ2) is 5.84. The number of nitrogens with one attached hydrogen (secondary N) is 1. The minimum Gasteiger partial charge on any atom is -0.383 e. The first-order valence-corrected chi connectivity index (χ1v) is 5.71. The summed E-state index contributed by atoms with van der Waals surface area (Å²) in [5.41, 5.74) is 0. The molecule has 2 unspecified atom stereocenters. The van der Waals surface area contributed by atoms with Gasteiger partial charge in [-0.1, -0.05) is 13.3 Å². The first-order chi connectivity index (χ1) is 7.61. The number of methoxy groups -OCH3 is 1. The van der Waals surface area contributed by atoms with Gasteiger partial charge in [-0.2, -0.15) is 0 Å². The van der Waals surface area contributed by atoms with Gasteiger partial charge in [-0.15, -0.1) is 0 Å². The highest BCUT2D eigenvalue weighted by Gasteiger charge is 2.36. The minimum absolute atomic E-state index is 0.00556. The highest BCUT2D eigenvalue weighted by molar-refractivity contribution is 5.96. The Kier molecular flexibility index (Phi) is 4.73. The Morgan fingerprint density at radius 2 is 2.12 bits per heavy atom. The summed E-state index contributed by atoms with van der Waals surface area (Å²) in [6.45, 7) is 4.67. The maximum Gasteiger partial charge on any atom is 0.245 e. The van der Waals surface area contributed by atoms with Gasteiger partial charge in [0.2, 0.25) is 11.8 Å². The van der Waals surface area contributed by atoms with Crippen LogP contribution in [0.3, 0.4) is 0 Å². The molecule has 0 aromatic heterocycles. The summed E-state index contributed by atoms with van der Waals surface area (Å²) in [5, 5.41) is 2.75. The zero-order valence-electron chi connectivity index (χ0n) is 10.2. The number of carbonyl (C=O) groups is 2. The smallest absolute Gasteiger partial charge is 0.245 e. The van der Waals surface area contributed by atoms with Crippen LogP contribution in [-0.4, -0.2) is 49.1 Å². The molecule has 1 fully saturated rings. The fourth-order valence-corrected chi connectivity index (χ4v) is 1.86. The van der Waals surface area contributed by atoms with Gasteiger partial charge in [0.05, 0.1) is 6.61 Å². The van der Waals surface area contributed by atoms with Crippen molar-refractivity contribution in [2.45, 2.75) is 38.8 Å². The van der Waals surface area contributed by atoms with E-state index in [1.165, 1.54) is 0 Å². The summed E-state index contributed by atoms with van der Waals surface area (Å²) in [7, 11) is 1.59. The van der Waals surface area contributed by atoms with Crippen molar-refractivity contribution in [1.82, 2.24) is 10.2 Å². The van der Waals surface area contributed by atoms with Crippen molar-refractivity contribution < 1.29 is 14.3 Å². The lowest BCUT2D eigenvalue weighted by atomic mass is 10.0. The Morgan fingerprint density at radius 3 is 2.69 bits per heavy atom. The second-order valence-corrected chi connectivity index (χ2v) is 4.05. The maximum absolute atomic E-state index is 12.0. The van der Waals surface area contributed by atoms with E-state index in [-0.39, 0.29) is 17.9 Å². The van der Waals surface area contributed by atoms with Gasteiger partial charge in [0, 0.05) is 13.7 Å². The van der Waals surface area contributed by atoms with Crippen LogP contribution in [0.25, 0.3) is 0 Å². The van der Waals surface area contributed by atoms with E-state index in [2.05, 4.69) is 5.32 Å². The zero-order chi connectivity index (χ0) is 12.1. The van der Waals surface area contributed by atoms with Crippen LogP contribution >= 0.6 is 0 Å². The predicted molar refractivity (Wildman–Crippen MR) is 59.9 cm³/mol.